The number of anilines is 1. The molecular formula is C16H15N3O5S2. The molecule has 3 aromatic rings. The largest absolute Gasteiger partial charge is 0.459 e. The summed E-state index contributed by atoms with van der Waals surface area (Å²) < 4.78 is 35.4. The van der Waals surface area contributed by atoms with Crippen LogP contribution in [0.4, 0.5) is 5.69 Å². The smallest absolute Gasteiger partial charge is 0.284 e. The molecule has 0 bridgehead atoms. The van der Waals surface area contributed by atoms with E-state index in [1.54, 1.807) is 31.2 Å². The summed E-state index contributed by atoms with van der Waals surface area (Å²) in [5.41, 5.74) is 0.846. The van der Waals surface area contributed by atoms with Gasteiger partial charge in [0.2, 0.25) is 10.0 Å². The molecule has 10 heteroatoms. The average Bonchev–Trinajstić information content (AvgIpc) is 3.24. The van der Waals surface area contributed by atoms with Gasteiger partial charge in [-0.25, -0.2) is 8.42 Å². The molecule has 0 spiro atoms. The molecule has 136 valence electrons. The minimum atomic E-state index is -3.36. The van der Waals surface area contributed by atoms with Gasteiger partial charge in [0.1, 0.15) is 0 Å². The number of nitrogens with one attached hydrogen (secondary N) is 1. The molecule has 2 heterocycles. The summed E-state index contributed by atoms with van der Waals surface area (Å²) in [6, 6.07) is 9.61. The van der Waals surface area contributed by atoms with Crippen molar-refractivity contribution in [3.63, 3.8) is 0 Å². The summed E-state index contributed by atoms with van der Waals surface area (Å²) in [4.78, 5) is 12.5. The molecule has 0 saturated heterocycles. The number of hydrogen-bond acceptors (Lipinski definition) is 8. The first-order valence-electron chi connectivity index (χ1n) is 7.48. The Labute approximate surface area is 154 Å². The van der Waals surface area contributed by atoms with Crippen molar-refractivity contribution in [1.82, 2.24) is 10.2 Å². The lowest BCUT2D eigenvalue weighted by Crippen LogP contribution is -2.14. The lowest BCUT2D eigenvalue weighted by atomic mass is 10.1. The molecule has 0 amide bonds. The summed E-state index contributed by atoms with van der Waals surface area (Å²) in [6.45, 7) is 1.73. The van der Waals surface area contributed by atoms with Crippen molar-refractivity contribution in [2.45, 2.75) is 17.4 Å². The van der Waals surface area contributed by atoms with Crippen LogP contribution in [0, 0.1) is 0 Å². The minimum absolute atomic E-state index is 0.140. The molecule has 0 radical (unpaired) electrons. The quantitative estimate of drug-likeness (QED) is 0.481. The lowest BCUT2D eigenvalue weighted by Gasteiger charge is -2.09. The fourth-order valence-electron chi connectivity index (χ4n) is 2.11. The molecule has 0 aliphatic heterocycles. The highest BCUT2D eigenvalue weighted by Crippen LogP contribution is 2.28. The molecule has 1 N–H and O–H groups in total. The predicted molar refractivity (Wildman–Crippen MR) is 96.6 cm³/mol. The molecule has 26 heavy (non-hydrogen) atoms. The average molecular weight is 393 g/mol. The van der Waals surface area contributed by atoms with E-state index < -0.39 is 15.3 Å². The van der Waals surface area contributed by atoms with Gasteiger partial charge in [0.05, 0.1) is 17.8 Å². The van der Waals surface area contributed by atoms with Gasteiger partial charge in [-0.05, 0) is 43.3 Å². The topological polar surface area (TPSA) is 115 Å². The second-order valence-electron chi connectivity index (χ2n) is 5.43. The highest BCUT2D eigenvalue weighted by atomic mass is 32.2. The van der Waals surface area contributed by atoms with Crippen molar-refractivity contribution in [2.75, 3.05) is 11.0 Å². The molecular weight excluding hydrogens is 378 g/mol. The van der Waals surface area contributed by atoms with Gasteiger partial charge in [-0.1, -0.05) is 11.8 Å². The van der Waals surface area contributed by atoms with Gasteiger partial charge in [0.15, 0.2) is 11.5 Å². The van der Waals surface area contributed by atoms with Crippen LogP contribution < -0.4 is 4.72 Å². The summed E-state index contributed by atoms with van der Waals surface area (Å²) in [5.74, 6) is 0.560. The number of ketones is 1. The SMILES string of the molecule is C[C@@H](Sc1nnc(-c2ccco2)o1)C(=O)c1ccc(NS(C)(=O)=O)cc1. The maximum atomic E-state index is 12.5. The van der Waals surface area contributed by atoms with Gasteiger partial charge in [-0.15, -0.1) is 10.2 Å². The maximum absolute atomic E-state index is 12.5. The van der Waals surface area contributed by atoms with E-state index in [4.69, 9.17) is 8.83 Å². The Kier molecular flexibility index (Phi) is 5.14. The van der Waals surface area contributed by atoms with Crippen LogP contribution in [-0.4, -0.2) is 35.9 Å². The molecule has 0 fully saturated rings. The number of Topliss-reactive ketones (excluding diaryl/α,β-unsaturated/α-hetero) is 1. The summed E-state index contributed by atoms with van der Waals surface area (Å²) in [5, 5.41) is 7.57. The van der Waals surface area contributed by atoms with Gasteiger partial charge in [0, 0.05) is 11.3 Å². The number of carbonyl (C=O) groups is 1. The Morgan fingerprint density at radius 2 is 1.92 bits per heavy atom. The Balaban J connectivity index is 1.66. The second kappa shape index (κ2) is 7.34. The third-order valence-corrected chi connectivity index (χ3v) is 4.80. The van der Waals surface area contributed by atoms with Gasteiger partial charge in [-0.2, -0.15) is 0 Å². The zero-order valence-electron chi connectivity index (χ0n) is 13.9. The lowest BCUT2D eigenvalue weighted by molar-refractivity contribution is 0.0993. The van der Waals surface area contributed by atoms with E-state index in [1.165, 1.54) is 18.4 Å². The van der Waals surface area contributed by atoms with E-state index in [0.29, 0.717) is 17.0 Å². The van der Waals surface area contributed by atoms with E-state index in [0.717, 1.165) is 18.0 Å². The van der Waals surface area contributed by atoms with Crippen LogP contribution >= 0.6 is 11.8 Å². The number of carbonyl (C=O) groups excluding carboxylic acids is 1. The van der Waals surface area contributed by atoms with E-state index in [9.17, 15) is 13.2 Å². The van der Waals surface area contributed by atoms with Crippen molar-refractivity contribution >= 4 is 33.3 Å². The van der Waals surface area contributed by atoms with E-state index in [2.05, 4.69) is 14.9 Å². The van der Waals surface area contributed by atoms with Crippen molar-refractivity contribution < 1.29 is 22.0 Å². The molecule has 0 saturated carbocycles. The highest BCUT2D eigenvalue weighted by Gasteiger charge is 2.20. The first-order valence-corrected chi connectivity index (χ1v) is 10.2. The summed E-state index contributed by atoms with van der Waals surface area (Å²) in [7, 11) is -3.36. The van der Waals surface area contributed by atoms with Gasteiger partial charge in [-0.3, -0.25) is 9.52 Å². The first kappa shape index (κ1) is 18.2. The van der Waals surface area contributed by atoms with Crippen LogP contribution in [0.15, 0.2) is 56.7 Å². The molecule has 2 aromatic heterocycles. The van der Waals surface area contributed by atoms with Crippen LogP contribution in [0.2, 0.25) is 0 Å². The molecule has 0 aliphatic carbocycles. The standard InChI is InChI=1S/C16H15N3O5S2/c1-10(25-16-18-17-15(24-16)13-4-3-9-23-13)14(20)11-5-7-12(8-6-11)19-26(2,21)22/h3-10,19H,1-2H3/t10-/m1/s1. The Morgan fingerprint density at radius 1 is 1.19 bits per heavy atom. The molecule has 1 atom stereocenters. The number of rotatable bonds is 7. The number of benzene rings is 1. The molecule has 0 unspecified atom stereocenters. The normalized spacial score (nSPS) is 12.7. The number of hydrogen-bond donors (Lipinski definition) is 1. The number of thioether (sulfide) groups is 1. The van der Waals surface area contributed by atoms with Crippen LogP contribution in [-0.2, 0) is 10.0 Å². The van der Waals surface area contributed by atoms with E-state index >= 15 is 0 Å². The molecule has 3 rings (SSSR count). The summed E-state index contributed by atoms with van der Waals surface area (Å²) in [6.07, 6.45) is 2.56. The fourth-order valence-corrected chi connectivity index (χ4v) is 3.44. The Morgan fingerprint density at radius 3 is 2.54 bits per heavy atom. The summed E-state index contributed by atoms with van der Waals surface area (Å²) >= 11 is 1.14. The van der Waals surface area contributed by atoms with Gasteiger partial charge < -0.3 is 8.83 Å². The van der Waals surface area contributed by atoms with Crippen molar-refractivity contribution in [1.29, 1.82) is 0 Å². The monoisotopic (exact) mass is 393 g/mol. The minimum Gasteiger partial charge on any atom is -0.459 e. The van der Waals surface area contributed by atoms with E-state index in [-0.39, 0.29) is 16.9 Å². The van der Waals surface area contributed by atoms with Crippen molar-refractivity contribution in [3.8, 4) is 11.7 Å². The highest BCUT2D eigenvalue weighted by molar-refractivity contribution is 8.00. The molecule has 0 aliphatic rings. The third-order valence-electron chi connectivity index (χ3n) is 3.26. The van der Waals surface area contributed by atoms with Crippen LogP contribution in [0.3, 0.4) is 0 Å². The second-order valence-corrected chi connectivity index (χ2v) is 8.47. The Hall–Kier alpha value is -2.59. The zero-order chi connectivity index (χ0) is 18.7. The van der Waals surface area contributed by atoms with E-state index in [1.807, 2.05) is 0 Å². The predicted octanol–water partition coefficient (Wildman–Crippen LogP) is 3.06. The zero-order valence-corrected chi connectivity index (χ0v) is 15.5. The maximum Gasteiger partial charge on any atom is 0.284 e. The third kappa shape index (κ3) is 4.52. The first-order chi connectivity index (χ1) is 12.3. The molecule has 8 nitrogen and oxygen atoms in total. The fraction of sp³-hybridized carbons (Fsp3) is 0.188. The number of aromatic nitrogens is 2. The Bertz CT molecular complexity index is 995. The van der Waals surface area contributed by atoms with Crippen LogP contribution in [0.5, 0.6) is 0 Å². The van der Waals surface area contributed by atoms with Crippen LogP contribution in [0.1, 0.15) is 17.3 Å². The van der Waals surface area contributed by atoms with Crippen molar-refractivity contribution in [2.24, 2.45) is 0 Å². The number of sulfonamides is 1. The number of furan rings is 1. The number of nitrogens with zero attached hydrogens (tertiary/aromatic N) is 2. The van der Waals surface area contributed by atoms with Gasteiger partial charge >= 0.3 is 0 Å². The molecule has 1 aromatic carbocycles. The van der Waals surface area contributed by atoms with Gasteiger partial charge in [0.25, 0.3) is 11.1 Å². The van der Waals surface area contributed by atoms with Crippen molar-refractivity contribution in [3.05, 3.63) is 48.2 Å². The van der Waals surface area contributed by atoms with Crippen LogP contribution in [0.25, 0.3) is 11.7 Å².